The minimum absolute atomic E-state index is 0.0215. The average Bonchev–Trinajstić information content (AvgIpc) is 2.87. The van der Waals surface area contributed by atoms with Crippen LogP contribution in [0.4, 0.5) is 0 Å². The summed E-state index contributed by atoms with van der Waals surface area (Å²) in [5, 5.41) is 3.19. The number of aliphatic imine (C=N–C) groups is 3. The molecule has 2 aliphatic rings. The summed E-state index contributed by atoms with van der Waals surface area (Å²) in [6, 6.07) is 0.658. The maximum absolute atomic E-state index is 11.1. The zero-order chi connectivity index (χ0) is 25.1. The molecule has 0 aliphatic carbocycles. The fourth-order valence-electron chi connectivity index (χ4n) is 4.29. The molecule has 0 aromatic rings. The van der Waals surface area contributed by atoms with Gasteiger partial charge in [0.05, 0.1) is 37.2 Å². The van der Waals surface area contributed by atoms with E-state index in [2.05, 4.69) is 55.8 Å². The molecule has 0 bridgehead atoms. The summed E-state index contributed by atoms with van der Waals surface area (Å²) < 4.78 is 11.5. The maximum atomic E-state index is 11.1. The van der Waals surface area contributed by atoms with Gasteiger partial charge < -0.3 is 19.3 Å². The third-order valence-electron chi connectivity index (χ3n) is 6.09. The average molecular weight is 475 g/mol. The number of nitroso groups, excluding NO2 is 1. The molecule has 2 aliphatic heterocycles. The zero-order valence-corrected chi connectivity index (χ0v) is 22.0. The molecule has 2 rings (SSSR count). The zero-order valence-electron chi connectivity index (χ0n) is 22.0. The fourth-order valence-corrected chi connectivity index (χ4v) is 4.29. The summed E-state index contributed by atoms with van der Waals surface area (Å²) in [4.78, 5) is 30.0. The first-order chi connectivity index (χ1) is 16.4. The number of methoxy groups -OCH3 is 1. The summed E-state index contributed by atoms with van der Waals surface area (Å²) in [6.45, 7) is 15.8. The Labute approximate surface area is 204 Å². The quantitative estimate of drug-likeness (QED) is 0.414. The smallest absolute Gasteiger partial charge is 0.292 e. The van der Waals surface area contributed by atoms with Crippen molar-refractivity contribution < 1.29 is 9.47 Å². The van der Waals surface area contributed by atoms with E-state index in [4.69, 9.17) is 24.5 Å². The van der Waals surface area contributed by atoms with Gasteiger partial charge in [0.1, 0.15) is 18.5 Å². The monoisotopic (exact) mass is 474 g/mol. The topological polar surface area (TPSA) is 91.5 Å². The first kappa shape index (κ1) is 27.7. The van der Waals surface area contributed by atoms with E-state index in [0.717, 1.165) is 60.7 Å². The highest BCUT2D eigenvalue weighted by Gasteiger charge is 2.27. The first-order valence-corrected chi connectivity index (χ1v) is 12.4. The summed E-state index contributed by atoms with van der Waals surface area (Å²) in [5.41, 5.74) is 3.80. The van der Waals surface area contributed by atoms with Gasteiger partial charge in [0.2, 0.25) is 0 Å². The molecule has 2 atom stereocenters. The van der Waals surface area contributed by atoms with Gasteiger partial charge in [-0.2, -0.15) is 4.91 Å². The minimum Gasteiger partial charge on any atom is -0.430 e. The Kier molecular flexibility index (Phi) is 11.4. The number of likely N-dealkylation sites (N-methyl/N-ethyl adjacent to an activating group) is 1. The van der Waals surface area contributed by atoms with E-state index >= 15 is 0 Å². The molecule has 2 heterocycles. The van der Waals surface area contributed by atoms with Crippen LogP contribution in [0.2, 0.25) is 0 Å². The van der Waals surface area contributed by atoms with Gasteiger partial charge in [0.25, 0.3) is 6.02 Å². The predicted octanol–water partition coefficient (Wildman–Crippen LogP) is 4.41. The van der Waals surface area contributed by atoms with E-state index in [-0.39, 0.29) is 18.8 Å². The van der Waals surface area contributed by atoms with Crippen LogP contribution in [-0.4, -0.2) is 85.9 Å². The van der Waals surface area contributed by atoms with Crippen LogP contribution in [0, 0.1) is 4.91 Å². The number of amidine groups is 1. The summed E-state index contributed by atoms with van der Waals surface area (Å²) in [6.07, 6.45) is 4.55. The molecule has 0 amide bonds. The van der Waals surface area contributed by atoms with E-state index < -0.39 is 0 Å². The Bertz CT molecular complexity index is 846. The van der Waals surface area contributed by atoms with Crippen LogP contribution in [0.3, 0.4) is 0 Å². The lowest BCUT2D eigenvalue weighted by Crippen LogP contribution is -2.40. The van der Waals surface area contributed by atoms with Crippen molar-refractivity contribution in [2.45, 2.75) is 73.0 Å². The van der Waals surface area contributed by atoms with Crippen LogP contribution in [0.15, 0.2) is 43.3 Å². The highest BCUT2D eigenvalue weighted by atomic mass is 16.5. The molecule has 0 saturated heterocycles. The highest BCUT2D eigenvalue weighted by Crippen LogP contribution is 2.23. The fraction of sp³-hybridized carbons (Fsp3) is 0.720. The van der Waals surface area contributed by atoms with Crippen molar-refractivity contribution in [2.75, 3.05) is 46.4 Å². The minimum atomic E-state index is -0.143. The standard InChI is InChI=1S/C25H42N6O3/c1-8-11-21(15-28-32)31-17-18(4)14-26-24(19(5)29-20(31)6)22-16-27-25(34-23(22)9-2)30(10-3)12-13-33-7/h17,20-21H,8-16H2,1-7H3/b18-17-,26-24?,29-19-. The number of hydrogen-bond donors (Lipinski definition) is 0. The van der Waals surface area contributed by atoms with Crippen molar-refractivity contribution in [3.8, 4) is 0 Å². The van der Waals surface area contributed by atoms with Crippen molar-refractivity contribution in [3.05, 3.63) is 28.0 Å². The molecule has 0 aromatic heterocycles. The molecule has 0 fully saturated rings. The van der Waals surface area contributed by atoms with Gasteiger partial charge in [-0.3, -0.25) is 9.98 Å². The van der Waals surface area contributed by atoms with Gasteiger partial charge in [-0.15, -0.1) is 0 Å². The van der Waals surface area contributed by atoms with Crippen molar-refractivity contribution in [2.24, 2.45) is 20.2 Å². The van der Waals surface area contributed by atoms with Crippen LogP contribution in [0.1, 0.15) is 60.8 Å². The van der Waals surface area contributed by atoms with Gasteiger partial charge >= 0.3 is 0 Å². The second kappa shape index (κ2) is 14.0. The summed E-state index contributed by atoms with van der Waals surface area (Å²) >= 11 is 0. The van der Waals surface area contributed by atoms with Crippen molar-refractivity contribution in [3.63, 3.8) is 0 Å². The molecule has 9 nitrogen and oxygen atoms in total. The molecule has 34 heavy (non-hydrogen) atoms. The van der Waals surface area contributed by atoms with E-state index in [9.17, 15) is 4.91 Å². The SMILES string of the molecule is CCCC(CN=O)N1/C=C(/C)CN=C(C2=C(CC)OC(N(CC)CCOC)=NC2)/C(C)=N\C1C. The van der Waals surface area contributed by atoms with Gasteiger partial charge in [0.15, 0.2) is 0 Å². The van der Waals surface area contributed by atoms with Gasteiger partial charge in [-0.05, 0) is 39.7 Å². The number of allylic oxidation sites excluding steroid dienone is 1. The largest absolute Gasteiger partial charge is 0.430 e. The first-order valence-electron chi connectivity index (χ1n) is 12.4. The maximum Gasteiger partial charge on any atom is 0.292 e. The number of nitrogens with zero attached hydrogens (tertiary/aromatic N) is 6. The Morgan fingerprint density at radius 3 is 2.65 bits per heavy atom. The van der Waals surface area contributed by atoms with E-state index in [1.807, 2.05) is 6.92 Å². The molecule has 0 saturated carbocycles. The van der Waals surface area contributed by atoms with E-state index in [1.165, 1.54) is 0 Å². The third kappa shape index (κ3) is 7.22. The predicted molar refractivity (Wildman–Crippen MR) is 140 cm³/mol. The van der Waals surface area contributed by atoms with Crippen LogP contribution in [0.25, 0.3) is 0 Å². The molecular formula is C25H42N6O3. The lowest BCUT2D eigenvalue weighted by Gasteiger charge is -2.33. The molecule has 9 heteroatoms. The molecule has 190 valence electrons. The third-order valence-corrected chi connectivity index (χ3v) is 6.09. The normalized spacial score (nSPS) is 23.3. The van der Waals surface area contributed by atoms with Gasteiger partial charge in [-0.25, -0.2) is 4.99 Å². The molecule has 0 N–H and O–H groups in total. The molecule has 2 unspecified atom stereocenters. The van der Waals surface area contributed by atoms with Gasteiger partial charge in [-0.1, -0.05) is 25.4 Å². The van der Waals surface area contributed by atoms with E-state index in [0.29, 0.717) is 25.7 Å². The second-order valence-corrected chi connectivity index (χ2v) is 8.72. The van der Waals surface area contributed by atoms with Crippen LogP contribution in [-0.2, 0) is 9.47 Å². The van der Waals surface area contributed by atoms with Crippen molar-refractivity contribution >= 4 is 17.4 Å². The van der Waals surface area contributed by atoms with E-state index in [1.54, 1.807) is 7.11 Å². The lowest BCUT2D eigenvalue weighted by molar-refractivity contribution is 0.165. The molecule has 0 spiro atoms. The summed E-state index contributed by atoms with van der Waals surface area (Å²) in [5.74, 6) is 0.883. The Morgan fingerprint density at radius 2 is 2.03 bits per heavy atom. The molecule has 0 radical (unpaired) electrons. The Hall–Kier alpha value is -2.55. The van der Waals surface area contributed by atoms with Crippen LogP contribution < -0.4 is 0 Å². The number of hydrogen-bond acceptors (Lipinski definition) is 9. The number of rotatable bonds is 11. The molecular weight excluding hydrogens is 432 g/mol. The van der Waals surface area contributed by atoms with Crippen LogP contribution >= 0.6 is 0 Å². The van der Waals surface area contributed by atoms with Crippen molar-refractivity contribution in [1.29, 1.82) is 0 Å². The van der Waals surface area contributed by atoms with Gasteiger partial charge in [0, 0.05) is 38.4 Å². The Morgan fingerprint density at radius 1 is 1.26 bits per heavy atom. The van der Waals surface area contributed by atoms with Crippen LogP contribution in [0.5, 0.6) is 0 Å². The highest BCUT2D eigenvalue weighted by molar-refractivity contribution is 6.48. The summed E-state index contributed by atoms with van der Waals surface area (Å²) in [7, 11) is 1.70. The Balaban J connectivity index is 2.37. The second-order valence-electron chi connectivity index (χ2n) is 8.72. The van der Waals surface area contributed by atoms with Crippen molar-refractivity contribution in [1.82, 2.24) is 9.80 Å². The molecule has 0 aromatic carbocycles. The number of ether oxygens (including phenoxy) is 2. The lowest BCUT2D eigenvalue weighted by atomic mass is 10.0.